The van der Waals surface area contributed by atoms with Gasteiger partial charge in [-0.2, -0.15) is 5.10 Å². The molecule has 4 rings (SSSR count). The number of hydrogen-bond donors (Lipinski definition) is 2. The Morgan fingerprint density at radius 1 is 1.27 bits per heavy atom. The Labute approximate surface area is 149 Å². The Kier molecular flexibility index (Phi) is 4.38. The molecule has 0 radical (unpaired) electrons. The first-order chi connectivity index (χ1) is 12.6. The molecular formula is C19H19FN4O2. The number of aromatic nitrogens is 3. The van der Waals surface area contributed by atoms with Crippen LogP contribution in [0.15, 0.2) is 48.9 Å². The fraction of sp³-hybridized carbons (Fsp3) is 0.316. The molecule has 1 aromatic carbocycles. The zero-order chi connectivity index (χ0) is 18.1. The number of aliphatic hydroxyl groups excluding tert-OH is 1. The molecule has 1 amide bonds. The molecule has 6 nitrogen and oxygen atoms in total. The maximum absolute atomic E-state index is 13.9. The largest absolute Gasteiger partial charge is 0.391 e. The van der Waals surface area contributed by atoms with Crippen molar-refractivity contribution < 1.29 is 14.3 Å². The molecule has 3 atom stereocenters. The molecule has 1 aliphatic carbocycles. The number of pyridine rings is 1. The van der Waals surface area contributed by atoms with Crippen molar-refractivity contribution in [3.8, 4) is 0 Å². The minimum atomic E-state index is -0.619. The van der Waals surface area contributed by atoms with Crippen molar-refractivity contribution in [2.45, 2.75) is 31.5 Å². The molecule has 134 valence electrons. The topological polar surface area (TPSA) is 80.0 Å². The molecule has 0 aliphatic heterocycles. The summed E-state index contributed by atoms with van der Waals surface area (Å²) in [6, 6.07) is 8.25. The first-order valence-corrected chi connectivity index (χ1v) is 8.61. The van der Waals surface area contributed by atoms with Crippen LogP contribution < -0.4 is 5.32 Å². The molecule has 1 fully saturated rings. The number of aliphatic hydroxyl groups is 1. The quantitative estimate of drug-likeness (QED) is 0.752. The zero-order valence-corrected chi connectivity index (χ0v) is 14.0. The molecule has 0 saturated heterocycles. The number of fused-ring (bicyclic) bond motifs is 1. The molecule has 0 bridgehead atoms. The average Bonchev–Trinajstić information content (AvgIpc) is 3.26. The lowest BCUT2D eigenvalue weighted by Gasteiger charge is -2.17. The van der Waals surface area contributed by atoms with Crippen LogP contribution in [0.4, 0.5) is 4.39 Å². The van der Waals surface area contributed by atoms with Gasteiger partial charge >= 0.3 is 0 Å². The Morgan fingerprint density at radius 3 is 2.85 bits per heavy atom. The van der Waals surface area contributed by atoms with Crippen LogP contribution in [-0.2, 0) is 6.54 Å². The van der Waals surface area contributed by atoms with Gasteiger partial charge in [-0.25, -0.2) is 9.37 Å². The van der Waals surface area contributed by atoms with E-state index >= 15 is 0 Å². The first-order valence-electron chi connectivity index (χ1n) is 8.61. The van der Waals surface area contributed by atoms with Gasteiger partial charge in [0, 0.05) is 29.7 Å². The van der Waals surface area contributed by atoms with Crippen LogP contribution in [0, 0.1) is 11.7 Å². The van der Waals surface area contributed by atoms with Crippen molar-refractivity contribution >= 4 is 16.7 Å². The third-order valence-corrected chi connectivity index (χ3v) is 4.91. The SMILES string of the molecule is O=C(N[C@@H]1CC(Cn2cccn2)C[C@H]1O)c1ncc(F)c2ccccc12. The van der Waals surface area contributed by atoms with Crippen LogP contribution in [-0.4, -0.2) is 37.9 Å². The van der Waals surface area contributed by atoms with Gasteiger partial charge in [0.15, 0.2) is 0 Å². The maximum atomic E-state index is 13.9. The predicted molar refractivity (Wildman–Crippen MR) is 93.9 cm³/mol. The van der Waals surface area contributed by atoms with Crippen molar-refractivity contribution in [3.05, 3.63) is 60.4 Å². The first kappa shape index (κ1) is 16.7. The molecule has 1 unspecified atom stereocenters. The highest BCUT2D eigenvalue weighted by Crippen LogP contribution is 2.28. The summed E-state index contributed by atoms with van der Waals surface area (Å²) in [6.07, 6.45) is 5.30. The monoisotopic (exact) mass is 354 g/mol. The summed E-state index contributed by atoms with van der Waals surface area (Å²) in [4.78, 5) is 16.6. The van der Waals surface area contributed by atoms with Crippen LogP contribution in [0.1, 0.15) is 23.3 Å². The molecular weight excluding hydrogens is 335 g/mol. The van der Waals surface area contributed by atoms with Gasteiger partial charge in [0.25, 0.3) is 5.91 Å². The van der Waals surface area contributed by atoms with Gasteiger partial charge in [-0.05, 0) is 24.8 Å². The molecule has 2 N–H and O–H groups in total. The number of rotatable bonds is 4. The summed E-state index contributed by atoms with van der Waals surface area (Å²) < 4.78 is 15.7. The average molecular weight is 354 g/mol. The number of benzene rings is 1. The van der Waals surface area contributed by atoms with E-state index in [1.54, 1.807) is 30.5 Å². The summed E-state index contributed by atoms with van der Waals surface area (Å²) in [6.45, 7) is 0.703. The Bertz CT molecular complexity index is 928. The molecule has 26 heavy (non-hydrogen) atoms. The molecule has 2 heterocycles. The van der Waals surface area contributed by atoms with E-state index in [9.17, 15) is 14.3 Å². The van der Waals surface area contributed by atoms with Gasteiger partial charge in [-0.3, -0.25) is 9.48 Å². The summed E-state index contributed by atoms with van der Waals surface area (Å²) in [5.74, 6) is -0.629. The molecule has 7 heteroatoms. The number of carbonyl (C=O) groups is 1. The van der Waals surface area contributed by atoms with E-state index in [1.807, 2.05) is 16.9 Å². The van der Waals surface area contributed by atoms with Crippen LogP contribution in [0.2, 0.25) is 0 Å². The molecule has 1 aliphatic rings. The van der Waals surface area contributed by atoms with Gasteiger partial charge in [-0.15, -0.1) is 0 Å². The van der Waals surface area contributed by atoms with Gasteiger partial charge < -0.3 is 10.4 Å². The van der Waals surface area contributed by atoms with Crippen LogP contribution in [0.25, 0.3) is 10.8 Å². The number of amides is 1. The smallest absolute Gasteiger partial charge is 0.270 e. The van der Waals surface area contributed by atoms with Gasteiger partial charge in [0.2, 0.25) is 0 Å². The van der Waals surface area contributed by atoms with Crippen LogP contribution in [0.3, 0.4) is 0 Å². The second kappa shape index (κ2) is 6.84. The van der Waals surface area contributed by atoms with Gasteiger partial charge in [-0.1, -0.05) is 24.3 Å². The summed E-state index contributed by atoms with van der Waals surface area (Å²) in [7, 11) is 0. The lowest BCUT2D eigenvalue weighted by molar-refractivity contribution is 0.0869. The van der Waals surface area contributed by atoms with Gasteiger partial charge in [0.05, 0.1) is 18.3 Å². The minimum Gasteiger partial charge on any atom is -0.391 e. The second-order valence-corrected chi connectivity index (χ2v) is 6.71. The number of nitrogens with one attached hydrogen (secondary N) is 1. The van der Waals surface area contributed by atoms with Crippen LogP contribution in [0.5, 0.6) is 0 Å². The van der Waals surface area contributed by atoms with Crippen molar-refractivity contribution in [2.75, 3.05) is 0 Å². The predicted octanol–water partition coefficient (Wildman–Crippen LogP) is 2.14. The highest BCUT2D eigenvalue weighted by Gasteiger charge is 2.34. The van der Waals surface area contributed by atoms with E-state index in [-0.39, 0.29) is 17.7 Å². The lowest BCUT2D eigenvalue weighted by atomic mass is 10.1. The summed E-state index contributed by atoms with van der Waals surface area (Å²) in [5, 5.41) is 18.2. The molecule has 0 spiro atoms. The van der Waals surface area contributed by atoms with Crippen LogP contribution >= 0.6 is 0 Å². The summed E-state index contributed by atoms with van der Waals surface area (Å²) in [5.41, 5.74) is 0.171. The van der Waals surface area contributed by atoms with E-state index in [2.05, 4.69) is 15.4 Å². The number of halogens is 1. The van der Waals surface area contributed by atoms with Gasteiger partial charge in [0.1, 0.15) is 11.5 Å². The van der Waals surface area contributed by atoms with E-state index in [1.165, 1.54) is 0 Å². The third-order valence-electron chi connectivity index (χ3n) is 4.91. The molecule has 1 saturated carbocycles. The van der Waals surface area contributed by atoms with Crippen molar-refractivity contribution in [3.63, 3.8) is 0 Å². The van der Waals surface area contributed by atoms with E-state index in [4.69, 9.17) is 0 Å². The minimum absolute atomic E-state index is 0.171. The number of nitrogens with zero attached hydrogens (tertiary/aromatic N) is 3. The normalized spacial score (nSPS) is 22.6. The van der Waals surface area contributed by atoms with Crippen molar-refractivity contribution in [1.82, 2.24) is 20.1 Å². The zero-order valence-electron chi connectivity index (χ0n) is 14.0. The Morgan fingerprint density at radius 2 is 2.08 bits per heavy atom. The third kappa shape index (κ3) is 3.17. The fourth-order valence-corrected chi connectivity index (χ4v) is 3.67. The Balaban J connectivity index is 1.49. The summed E-state index contributed by atoms with van der Waals surface area (Å²) >= 11 is 0. The lowest BCUT2D eigenvalue weighted by Crippen LogP contribution is -2.40. The number of hydrogen-bond acceptors (Lipinski definition) is 4. The second-order valence-electron chi connectivity index (χ2n) is 6.71. The van der Waals surface area contributed by atoms with E-state index in [0.29, 0.717) is 30.2 Å². The Hall–Kier alpha value is -2.80. The maximum Gasteiger partial charge on any atom is 0.270 e. The van der Waals surface area contributed by atoms with Crippen molar-refractivity contribution in [1.29, 1.82) is 0 Å². The van der Waals surface area contributed by atoms with E-state index < -0.39 is 17.8 Å². The molecule has 2 aromatic heterocycles. The number of carbonyl (C=O) groups excluding carboxylic acids is 1. The fourth-order valence-electron chi connectivity index (χ4n) is 3.67. The highest BCUT2D eigenvalue weighted by atomic mass is 19.1. The highest BCUT2D eigenvalue weighted by molar-refractivity contribution is 6.05. The van der Waals surface area contributed by atoms with E-state index in [0.717, 1.165) is 6.20 Å². The standard InChI is InChI=1S/C19H19FN4O2/c20-15-10-21-18(14-5-2-1-4-13(14)15)19(26)23-16-8-12(9-17(16)25)11-24-7-3-6-22-24/h1-7,10,12,16-17,25H,8-9,11H2,(H,23,26)/t12?,16-,17-/m1/s1. The van der Waals surface area contributed by atoms with Crippen molar-refractivity contribution in [2.24, 2.45) is 5.92 Å². The molecule has 3 aromatic rings.